The van der Waals surface area contributed by atoms with Gasteiger partial charge in [0.25, 0.3) is 0 Å². The van der Waals surface area contributed by atoms with Crippen molar-refractivity contribution in [3.63, 3.8) is 0 Å². The largest absolute Gasteiger partial charge is 0.441 e. The van der Waals surface area contributed by atoms with E-state index in [1.165, 1.54) is 0 Å². The number of benzene rings is 1. The number of unbranched alkanes of at least 4 members (excludes halogenated alkanes) is 1. The molecule has 2 unspecified atom stereocenters. The molecule has 0 bridgehead atoms. The molecule has 1 aromatic carbocycles. The number of carbonyl (C=O) groups is 1. The second kappa shape index (κ2) is 13.5. The van der Waals surface area contributed by atoms with Crippen molar-refractivity contribution in [1.29, 1.82) is 0 Å². The Kier molecular flexibility index (Phi) is 11.8. The maximum atomic E-state index is 12.2. The Bertz CT molecular complexity index is 531. The molecule has 0 aliphatic heterocycles. The van der Waals surface area contributed by atoms with Crippen LogP contribution < -0.4 is 10.6 Å². The highest BCUT2D eigenvalue weighted by Crippen LogP contribution is 2.35. The molecule has 0 fully saturated rings. The summed E-state index contributed by atoms with van der Waals surface area (Å²) in [5.74, 6) is 0. The molecule has 0 aliphatic rings. The molecule has 0 heterocycles. The molecule has 0 radical (unpaired) electrons. The molecule has 2 atom stereocenters. The van der Waals surface area contributed by atoms with Crippen molar-refractivity contribution in [2.24, 2.45) is 5.41 Å². The van der Waals surface area contributed by atoms with Gasteiger partial charge in [0.2, 0.25) is 0 Å². The van der Waals surface area contributed by atoms with E-state index in [4.69, 9.17) is 9.47 Å². The zero-order valence-electron chi connectivity index (χ0n) is 17.9. The maximum Gasteiger partial charge on any atom is 0.407 e. The topological polar surface area (TPSA) is 79.8 Å². The van der Waals surface area contributed by atoms with Crippen LogP contribution in [0.4, 0.5) is 4.79 Å². The van der Waals surface area contributed by atoms with Gasteiger partial charge in [-0.25, -0.2) is 4.79 Å². The summed E-state index contributed by atoms with van der Waals surface area (Å²) in [6.45, 7) is 11.1. The number of aliphatic hydroxyl groups excluding tert-OH is 1. The average molecular weight is 395 g/mol. The van der Waals surface area contributed by atoms with Crippen LogP contribution in [0, 0.1) is 5.41 Å². The van der Waals surface area contributed by atoms with E-state index in [2.05, 4.69) is 17.6 Å². The number of rotatable bonds is 13. The number of nitrogens with one attached hydrogen (secondary N) is 2. The number of hydrogen-bond donors (Lipinski definition) is 3. The summed E-state index contributed by atoms with van der Waals surface area (Å²) in [6, 6.07) is 9.70. The second-order valence-corrected chi connectivity index (χ2v) is 8.12. The smallest absolute Gasteiger partial charge is 0.407 e. The van der Waals surface area contributed by atoms with Gasteiger partial charge in [-0.3, -0.25) is 0 Å². The van der Waals surface area contributed by atoms with Crippen molar-refractivity contribution in [3.05, 3.63) is 35.9 Å². The van der Waals surface area contributed by atoms with Gasteiger partial charge in [0.1, 0.15) is 6.10 Å². The van der Waals surface area contributed by atoms with Crippen LogP contribution in [-0.4, -0.2) is 50.2 Å². The molecule has 0 aliphatic carbocycles. The summed E-state index contributed by atoms with van der Waals surface area (Å²) >= 11 is 0. The molecule has 0 saturated carbocycles. The number of aliphatic hydroxyl groups is 1. The fourth-order valence-corrected chi connectivity index (χ4v) is 2.71. The summed E-state index contributed by atoms with van der Waals surface area (Å²) in [4.78, 5) is 12.2. The van der Waals surface area contributed by atoms with Gasteiger partial charge >= 0.3 is 6.09 Å². The first-order valence-electron chi connectivity index (χ1n) is 10.3. The van der Waals surface area contributed by atoms with Crippen LogP contribution in [0.2, 0.25) is 0 Å². The van der Waals surface area contributed by atoms with Gasteiger partial charge in [0.05, 0.1) is 6.10 Å². The van der Waals surface area contributed by atoms with Crippen LogP contribution in [-0.2, 0) is 9.47 Å². The monoisotopic (exact) mass is 394 g/mol. The standard InChI is InChI=1S/C22H38N2O4/c1-5-6-14-27-15-10-13-23-16-19(25)17-24-21(26)28-20(22(2,3)4)18-11-8-7-9-12-18/h7-9,11-12,19-20,23,25H,5-6,10,13-17H2,1-4H3,(H,24,26). The molecular weight excluding hydrogens is 356 g/mol. The van der Waals surface area contributed by atoms with Crippen molar-refractivity contribution in [2.45, 2.75) is 59.2 Å². The number of carbonyl (C=O) groups excluding carboxylic acids is 1. The minimum absolute atomic E-state index is 0.143. The molecule has 3 N–H and O–H groups in total. The molecule has 1 aromatic rings. The highest BCUT2D eigenvalue weighted by Gasteiger charge is 2.30. The summed E-state index contributed by atoms with van der Waals surface area (Å²) in [7, 11) is 0. The van der Waals surface area contributed by atoms with E-state index in [0.717, 1.165) is 44.6 Å². The quantitative estimate of drug-likeness (QED) is 0.445. The molecule has 6 heteroatoms. The second-order valence-electron chi connectivity index (χ2n) is 8.12. The first kappa shape index (κ1) is 24.4. The molecule has 28 heavy (non-hydrogen) atoms. The highest BCUT2D eigenvalue weighted by molar-refractivity contribution is 5.67. The summed E-state index contributed by atoms with van der Waals surface area (Å²) in [5.41, 5.74) is 0.714. The number of amides is 1. The van der Waals surface area contributed by atoms with Gasteiger partial charge < -0.3 is 25.2 Å². The molecule has 1 rings (SSSR count). The summed E-state index contributed by atoms with van der Waals surface area (Å²) in [6.07, 6.45) is 1.58. The van der Waals surface area contributed by atoms with Crippen LogP contribution in [0.5, 0.6) is 0 Å². The minimum atomic E-state index is -0.668. The van der Waals surface area contributed by atoms with Crippen LogP contribution in [0.15, 0.2) is 30.3 Å². The lowest BCUT2D eigenvalue weighted by Gasteiger charge is -2.30. The third-order valence-electron chi connectivity index (χ3n) is 4.26. The van der Waals surface area contributed by atoms with E-state index in [1.54, 1.807) is 0 Å². The zero-order valence-corrected chi connectivity index (χ0v) is 17.9. The van der Waals surface area contributed by atoms with Crippen molar-refractivity contribution < 1.29 is 19.4 Å². The van der Waals surface area contributed by atoms with Gasteiger partial charge in [-0.15, -0.1) is 0 Å². The number of ether oxygens (including phenoxy) is 2. The van der Waals surface area contributed by atoms with Gasteiger partial charge in [-0.05, 0) is 24.9 Å². The SMILES string of the molecule is CCCCOCCCNCC(O)CNC(=O)OC(c1ccccc1)C(C)(C)C. The van der Waals surface area contributed by atoms with Crippen LogP contribution in [0.1, 0.15) is 58.6 Å². The van der Waals surface area contributed by atoms with E-state index in [0.29, 0.717) is 6.54 Å². The fourth-order valence-electron chi connectivity index (χ4n) is 2.71. The highest BCUT2D eigenvalue weighted by atomic mass is 16.6. The Morgan fingerprint density at radius 2 is 1.79 bits per heavy atom. The average Bonchev–Trinajstić information content (AvgIpc) is 2.66. The number of alkyl carbamates (subject to hydrolysis) is 1. The van der Waals surface area contributed by atoms with Crippen molar-refractivity contribution in [2.75, 3.05) is 32.8 Å². The Morgan fingerprint density at radius 3 is 2.43 bits per heavy atom. The van der Waals surface area contributed by atoms with E-state index in [1.807, 2.05) is 51.1 Å². The van der Waals surface area contributed by atoms with E-state index >= 15 is 0 Å². The van der Waals surface area contributed by atoms with Gasteiger partial charge in [0.15, 0.2) is 0 Å². The molecule has 0 saturated heterocycles. The van der Waals surface area contributed by atoms with E-state index in [9.17, 15) is 9.90 Å². The first-order chi connectivity index (χ1) is 13.3. The minimum Gasteiger partial charge on any atom is -0.441 e. The van der Waals surface area contributed by atoms with Crippen LogP contribution in [0.3, 0.4) is 0 Å². The predicted molar refractivity (Wildman–Crippen MR) is 112 cm³/mol. The lowest BCUT2D eigenvalue weighted by atomic mass is 9.84. The van der Waals surface area contributed by atoms with Gasteiger partial charge in [-0.2, -0.15) is 0 Å². The Balaban J connectivity index is 2.25. The van der Waals surface area contributed by atoms with Crippen molar-refractivity contribution >= 4 is 6.09 Å². The molecule has 6 nitrogen and oxygen atoms in total. The van der Waals surface area contributed by atoms with Crippen LogP contribution in [0.25, 0.3) is 0 Å². The van der Waals surface area contributed by atoms with Crippen LogP contribution >= 0.6 is 0 Å². The lowest BCUT2D eigenvalue weighted by Crippen LogP contribution is -2.39. The maximum absolute atomic E-state index is 12.2. The predicted octanol–water partition coefficient (Wildman–Crippen LogP) is 3.66. The molecular formula is C22H38N2O4. The molecule has 160 valence electrons. The fraction of sp³-hybridized carbons (Fsp3) is 0.682. The van der Waals surface area contributed by atoms with Gasteiger partial charge in [-0.1, -0.05) is 64.4 Å². The summed E-state index contributed by atoms with van der Waals surface area (Å²) in [5, 5.41) is 15.8. The lowest BCUT2D eigenvalue weighted by molar-refractivity contribution is 0.0281. The molecule has 1 amide bonds. The van der Waals surface area contributed by atoms with E-state index < -0.39 is 12.2 Å². The first-order valence-corrected chi connectivity index (χ1v) is 10.3. The third kappa shape index (κ3) is 10.6. The molecule has 0 spiro atoms. The number of hydrogen-bond acceptors (Lipinski definition) is 5. The normalized spacial score (nSPS) is 13.8. The van der Waals surface area contributed by atoms with E-state index in [-0.39, 0.29) is 18.1 Å². The Hall–Kier alpha value is -1.63. The Morgan fingerprint density at radius 1 is 1.11 bits per heavy atom. The van der Waals surface area contributed by atoms with Gasteiger partial charge in [0, 0.05) is 31.7 Å². The molecule has 0 aromatic heterocycles. The van der Waals surface area contributed by atoms with Crippen molar-refractivity contribution in [1.82, 2.24) is 10.6 Å². The van der Waals surface area contributed by atoms with Crippen molar-refractivity contribution in [3.8, 4) is 0 Å². The Labute approximate surface area is 170 Å². The third-order valence-corrected chi connectivity index (χ3v) is 4.26. The zero-order chi connectivity index (χ0) is 20.8. The summed E-state index contributed by atoms with van der Waals surface area (Å²) < 4.78 is 11.1.